The van der Waals surface area contributed by atoms with Crippen LogP contribution in [0, 0.1) is 0 Å². The summed E-state index contributed by atoms with van der Waals surface area (Å²) in [5.41, 5.74) is 8.45. The van der Waals surface area contributed by atoms with E-state index < -0.39 is 0 Å². The topological polar surface area (TPSA) is 64.9 Å². The lowest BCUT2D eigenvalue weighted by Gasteiger charge is -1.97. The number of hydrogen-bond donors (Lipinski definition) is 1. The first-order chi connectivity index (χ1) is 9.76. The van der Waals surface area contributed by atoms with Gasteiger partial charge in [-0.3, -0.25) is 0 Å². The second kappa shape index (κ2) is 5.56. The molecule has 0 aliphatic carbocycles. The molecule has 1 heterocycles. The third kappa shape index (κ3) is 2.64. The second-order valence-corrected chi connectivity index (χ2v) is 5.25. The molecule has 0 unspecified atom stereocenters. The monoisotopic (exact) mass is 329 g/mol. The molecule has 2 N–H and O–H groups in total. The van der Waals surface area contributed by atoms with Gasteiger partial charge in [0.05, 0.1) is 0 Å². The van der Waals surface area contributed by atoms with Crippen molar-refractivity contribution < 1.29 is 4.52 Å². The fourth-order valence-electron chi connectivity index (χ4n) is 1.84. The van der Waals surface area contributed by atoms with Crippen molar-refractivity contribution in [2.75, 3.05) is 0 Å². The molecule has 5 heteroatoms. The van der Waals surface area contributed by atoms with Gasteiger partial charge < -0.3 is 10.3 Å². The highest BCUT2D eigenvalue weighted by Gasteiger charge is 2.10. The molecule has 1 aromatic heterocycles. The van der Waals surface area contributed by atoms with Crippen LogP contribution in [0.5, 0.6) is 0 Å². The lowest BCUT2D eigenvalue weighted by Crippen LogP contribution is -1.95. The van der Waals surface area contributed by atoms with Crippen molar-refractivity contribution in [3.63, 3.8) is 0 Å². The van der Waals surface area contributed by atoms with Crippen molar-refractivity contribution in [2.24, 2.45) is 5.73 Å². The van der Waals surface area contributed by atoms with Crippen molar-refractivity contribution in [1.29, 1.82) is 0 Å². The maximum Gasteiger partial charge on any atom is 0.258 e. The summed E-state index contributed by atoms with van der Waals surface area (Å²) in [6.07, 6.45) is 0. The van der Waals surface area contributed by atoms with Crippen LogP contribution in [0.4, 0.5) is 0 Å². The van der Waals surface area contributed by atoms with Gasteiger partial charge in [0.1, 0.15) is 0 Å². The number of benzene rings is 2. The summed E-state index contributed by atoms with van der Waals surface area (Å²) < 4.78 is 6.32. The van der Waals surface area contributed by atoms with Crippen molar-refractivity contribution in [3.8, 4) is 22.8 Å². The van der Waals surface area contributed by atoms with E-state index in [0.717, 1.165) is 21.2 Å². The first-order valence-electron chi connectivity index (χ1n) is 6.15. The average molecular weight is 330 g/mol. The molecular formula is C15H12BrN3O. The first-order valence-corrected chi connectivity index (χ1v) is 6.94. The van der Waals surface area contributed by atoms with Gasteiger partial charge >= 0.3 is 0 Å². The number of nitrogens with zero attached hydrogens (tertiary/aromatic N) is 2. The van der Waals surface area contributed by atoms with Crippen molar-refractivity contribution in [2.45, 2.75) is 6.54 Å². The van der Waals surface area contributed by atoms with Gasteiger partial charge in [0, 0.05) is 22.1 Å². The summed E-state index contributed by atoms with van der Waals surface area (Å²) in [6.45, 7) is 0.522. The van der Waals surface area contributed by atoms with E-state index in [4.69, 9.17) is 10.3 Å². The summed E-state index contributed by atoms with van der Waals surface area (Å²) in [7, 11) is 0. The normalized spacial score (nSPS) is 10.7. The number of hydrogen-bond acceptors (Lipinski definition) is 4. The number of nitrogens with two attached hydrogens (primary N) is 1. The Labute approximate surface area is 124 Å². The van der Waals surface area contributed by atoms with Gasteiger partial charge in [-0.05, 0) is 42.0 Å². The van der Waals surface area contributed by atoms with E-state index in [1.807, 2.05) is 48.5 Å². The molecular weight excluding hydrogens is 318 g/mol. The molecule has 3 aromatic rings. The molecule has 3 rings (SSSR count). The molecule has 20 heavy (non-hydrogen) atoms. The Morgan fingerprint density at radius 1 is 0.950 bits per heavy atom. The third-order valence-electron chi connectivity index (χ3n) is 2.97. The zero-order valence-corrected chi connectivity index (χ0v) is 12.2. The second-order valence-electron chi connectivity index (χ2n) is 4.33. The Balaban J connectivity index is 1.91. The summed E-state index contributed by atoms with van der Waals surface area (Å²) in [5, 5.41) is 4.01. The minimum absolute atomic E-state index is 0.506. The molecule has 0 aliphatic rings. The SMILES string of the molecule is NCc1ccc(-c2nc(-c3ccc(Br)cc3)no2)cc1. The zero-order valence-electron chi connectivity index (χ0n) is 10.6. The largest absolute Gasteiger partial charge is 0.334 e. The predicted molar refractivity (Wildman–Crippen MR) is 80.8 cm³/mol. The molecule has 0 fully saturated rings. The van der Waals surface area contributed by atoms with E-state index in [1.54, 1.807) is 0 Å². The van der Waals surface area contributed by atoms with Crippen LogP contribution in [0.2, 0.25) is 0 Å². The average Bonchev–Trinajstić information content (AvgIpc) is 2.98. The Morgan fingerprint density at radius 3 is 2.25 bits per heavy atom. The lowest BCUT2D eigenvalue weighted by molar-refractivity contribution is 0.432. The molecule has 0 amide bonds. The summed E-state index contributed by atoms with van der Waals surface area (Å²) in [6, 6.07) is 15.6. The van der Waals surface area contributed by atoms with Gasteiger partial charge in [0.15, 0.2) is 0 Å². The zero-order chi connectivity index (χ0) is 13.9. The molecule has 0 atom stereocenters. The molecule has 100 valence electrons. The molecule has 0 bridgehead atoms. The van der Waals surface area contributed by atoms with E-state index in [2.05, 4.69) is 26.1 Å². The first kappa shape index (κ1) is 13.0. The molecule has 0 radical (unpaired) electrons. The molecule has 0 saturated carbocycles. The Hall–Kier alpha value is -1.98. The van der Waals surface area contributed by atoms with Crippen LogP contribution in [-0.2, 0) is 6.54 Å². The van der Waals surface area contributed by atoms with E-state index in [0.29, 0.717) is 18.3 Å². The Morgan fingerprint density at radius 2 is 1.60 bits per heavy atom. The van der Waals surface area contributed by atoms with Crippen molar-refractivity contribution in [1.82, 2.24) is 10.1 Å². The van der Waals surface area contributed by atoms with Gasteiger partial charge in [0.2, 0.25) is 5.82 Å². The minimum atomic E-state index is 0.506. The third-order valence-corrected chi connectivity index (χ3v) is 3.49. The van der Waals surface area contributed by atoms with E-state index in [-0.39, 0.29) is 0 Å². The van der Waals surface area contributed by atoms with Gasteiger partial charge in [-0.1, -0.05) is 33.2 Å². The standard InChI is InChI=1S/C15H12BrN3O/c16-13-7-5-11(6-8-13)14-18-15(20-19-14)12-3-1-10(9-17)2-4-12/h1-8H,9,17H2. The van der Waals surface area contributed by atoms with Gasteiger partial charge in [-0.2, -0.15) is 4.98 Å². The number of rotatable bonds is 3. The maximum atomic E-state index is 5.58. The van der Waals surface area contributed by atoms with Crippen LogP contribution in [0.25, 0.3) is 22.8 Å². The van der Waals surface area contributed by atoms with Crippen LogP contribution < -0.4 is 5.73 Å². The summed E-state index contributed by atoms with van der Waals surface area (Å²) in [5.74, 6) is 1.09. The quantitative estimate of drug-likeness (QED) is 0.796. The Kier molecular flexibility index (Phi) is 3.62. The van der Waals surface area contributed by atoms with Crippen molar-refractivity contribution >= 4 is 15.9 Å². The van der Waals surface area contributed by atoms with Crippen LogP contribution in [0.15, 0.2) is 57.5 Å². The molecule has 4 nitrogen and oxygen atoms in total. The highest BCUT2D eigenvalue weighted by molar-refractivity contribution is 9.10. The van der Waals surface area contributed by atoms with Gasteiger partial charge in [0.25, 0.3) is 5.89 Å². The van der Waals surface area contributed by atoms with Crippen LogP contribution in [0.1, 0.15) is 5.56 Å². The van der Waals surface area contributed by atoms with Crippen LogP contribution >= 0.6 is 15.9 Å². The van der Waals surface area contributed by atoms with Gasteiger partial charge in [-0.15, -0.1) is 0 Å². The maximum absolute atomic E-state index is 5.58. The minimum Gasteiger partial charge on any atom is -0.334 e. The fraction of sp³-hybridized carbons (Fsp3) is 0.0667. The molecule has 0 saturated heterocycles. The predicted octanol–water partition coefficient (Wildman–Crippen LogP) is 3.62. The number of aromatic nitrogens is 2. The highest BCUT2D eigenvalue weighted by atomic mass is 79.9. The van der Waals surface area contributed by atoms with Gasteiger partial charge in [-0.25, -0.2) is 0 Å². The number of halogens is 1. The van der Waals surface area contributed by atoms with Crippen LogP contribution in [0.3, 0.4) is 0 Å². The van der Waals surface area contributed by atoms with E-state index >= 15 is 0 Å². The Bertz CT molecular complexity index is 705. The lowest BCUT2D eigenvalue weighted by atomic mass is 10.1. The fourth-order valence-corrected chi connectivity index (χ4v) is 2.10. The summed E-state index contributed by atoms with van der Waals surface area (Å²) >= 11 is 3.40. The van der Waals surface area contributed by atoms with Crippen LogP contribution in [-0.4, -0.2) is 10.1 Å². The molecule has 2 aromatic carbocycles. The van der Waals surface area contributed by atoms with E-state index in [1.165, 1.54) is 0 Å². The summed E-state index contributed by atoms with van der Waals surface area (Å²) in [4.78, 5) is 4.41. The molecule has 0 spiro atoms. The van der Waals surface area contributed by atoms with Crippen molar-refractivity contribution in [3.05, 3.63) is 58.6 Å². The smallest absolute Gasteiger partial charge is 0.258 e. The molecule has 0 aliphatic heterocycles. The highest BCUT2D eigenvalue weighted by Crippen LogP contribution is 2.23. The van der Waals surface area contributed by atoms with E-state index in [9.17, 15) is 0 Å².